The molecular formula is C15H16BrN3O3S. The van der Waals surface area contributed by atoms with Crippen LogP contribution in [0.3, 0.4) is 0 Å². The summed E-state index contributed by atoms with van der Waals surface area (Å²) < 4.78 is 10.9. The van der Waals surface area contributed by atoms with Crippen molar-refractivity contribution in [1.29, 1.82) is 0 Å². The van der Waals surface area contributed by atoms with Gasteiger partial charge in [0, 0.05) is 5.38 Å². The third kappa shape index (κ3) is 5.33. The van der Waals surface area contributed by atoms with Gasteiger partial charge in [-0.2, -0.15) is 5.10 Å². The molecule has 0 aliphatic rings. The molecule has 0 unspecified atom stereocenters. The molecule has 2 rings (SSSR count). The lowest BCUT2D eigenvalue weighted by Crippen LogP contribution is -2.07. The molecular weight excluding hydrogens is 382 g/mol. The number of halogens is 1. The summed E-state index contributed by atoms with van der Waals surface area (Å²) in [6, 6.07) is 5.65. The molecule has 8 heteroatoms. The van der Waals surface area contributed by atoms with Crippen molar-refractivity contribution in [2.24, 2.45) is 5.10 Å². The first-order chi connectivity index (χ1) is 11.1. The Bertz CT molecular complexity index is 703. The summed E-state index contributed by atoms with van der Waals surface area (Å²) in [5, 5.41) is 6.56. The lowest BCUT2D eigenvalue weighted by atomic mass is 10.2. The maximum Gasteiger partial charge on any atom is 0.311 e. The van der Waals surface area contributed by atoms with E-state index in [9.17, 15) is 4.79 Å². The number of ether oxygens (including phenoxy) is 2. The Labute approximate surface area is 146 Å². The zero-order chi connectivity index (χ0) is 16.7. The van der Waals surface area contributed by atoms with Crippen LogP contribution in [-0.2, 0) is 16.0 Å². The van der Waals surface area contributed by atoms with Gasteiger partial charge in [0.05, 0.1) is 36.5 Å². The van der Waals surface area contributed by atoms with Crippen LogP contribution in [0.5, 0.6) is 5.75 Å². The molecule has 1 N–H and O–H groups in total. The number of nitrogens with one attached hydrogen (secondary N) is 1. The first-order valence-corrected chi connectivity index (χ1v) is 8.52. The number of esters is 1. The van der Waals surface area contributed by atoms with Crippen molar-refractivity contribution in [3.8, 4) is 5.75 Å². The molecule has 6 nitrogen and oxygen atoms in total. The van der Waals surface area contributed by atoms with E-state index in [1.54, 1.807) is 25.6 Å². The number of rotatable bonds is 7. The van der Waals surface area contributed by atoms with Crippen molar-refractivity contribution in [2.75, 3.05) is 19.1 Å². The predicted octanol–water partition coefficient (Wildman–Crippen LogP) is 3.47. The molecule has 0 saturated carbocycles. The fourth-order valence-corrected chi connectivity index (χ4v) is 2.94. The summed E-state index contributed by atoms with van der Waals surface area (Å²) in [5.74, 6) is 0.481. The number of methoxy groups -OCH3 is 1. The van der Waals surface area contributed by atoms with Crippen LogP contribution in [0.15, 0.2) is 33.2 Å². The lowest BCUT2D eigenvalue weighted by Gasteiger charge is -2.03. The number of benzene rings is 1. The van der Waals surface area contributed by atoms with Crippen LogP contribution in [0, 0.1) is 0 Å². The van der Waals surface area contributed by atoms with Crippen LogP contribution in [-0.4, -0.2) is 30.9 Å². The minimum Gasteiger partial charge on any atom is -0.496 e. The molecule has 0 spiro atoms. The monoisotopic (exact) mass is 397 g/mol. The van der Waals surface area contributed by atoms with Crippen LogP contribution in [0.1, 0.15) is 18.2 Å². The van der Waals surface area contributed by atoms with Crippen LogP contribution in [0.2, 0.25) is 0 Å². The number of aromatic nitrogens is 1. The van der Waals surface area contributed by atoms with Crippen molar-refractivity contribution in [2.45, 2.75) is 13.3 Å². The average molecular weight is 398 g/mol. The molecule has 0 bridgehead atoms. The molecule has 122 valence electrons. The minimum absolute atomic E-state index is 0.168. The van der Waals surface area contributed by atoms with Crippen LogP contribution in [0.25, 0.3) is 0 Å². The average Bonchev–Trinajstić information content (AvgIpc) is 2.95. The van der Waals surface area contributed by atoms with E-state index in [-0.39, 0.29) is 12.4 Å². The number of hydrogen-bond donors (Lipinski definition) is 1. The Hall–Kier alpha value is -1.93. The van der Waals surface area contributed by atoms with Gasteiger partial charge in [0.15, 0.2) is 0 Å². The summed E-state index contributed by atoms with van der Waals surface area (Å²) >= 11 is 4.80. The van der Waals surface area contributed by atoms with Gasteiger partial charge in [-0.25, -0.2) is 4.98 Å². The highest BCUT2D eigenvalue weighted by atomic mass is 79.9. The highest BCUT2D eigenvalue weighted by Gasteiger charge is 2.07. The maximum absolute atomic E-state index is 11.4. The van der Waals surface area contributed by atoms with E-state index in [0.717, 1.165) is 15.8 Å². The standard InChI is InChI=1S/C15H16BrN3O3S/c1-3-22-14(20)7-11-9-23-15(18-11)19-17-8-10-4-5-13(21-2)12(16)6-10/h4-6,8-9H,3,7H2,1-2H3,(H,18,19)/b17-8-. The Morgan fingerprint density at radius 2 is 2.35 bits per heavy atom. The number of hydrazone groups is 1. The van der Waals surface area contributed by atoms with Crippen LogP contribution >= 0.6 is 27.3 Å². The van der Waals surface area contributed by atoms with E-state index < -0.39 is 0 Å². The molecule has 1 heterocycles. The van der Waals surface area contributed by atoms with E-state index in [0.29, 0.717) is 17.4 Å². The Morgan fingerprint density at radius 3 is 3.04 bits per heavy atom. The van der Waals surface area contributed by atoms with Gasteiger partial charge < -0.3 is 9.47 Å². The summed E-state index contributed by atoms with van der Waals surface area (Å²) in [4.78, 5) is 15.7. The first kappa shape index (κ1) is 17.4. The number of nitrogens with zero attached hydrogens (tertiary/aromatic N) is 2. The van der Waals surface area contributed by atoms with Gasteiger partial charge in [0.1, 0.15) is 5.75 Å². The highest BCUT2D eigenvalue weighted by Crippen LogP contribution is 2.24. The summed E-state index contributed by atoms with van der Waals surface area (Å²) in [6.07, 6.45) is 1.85. The number of carbonyl (C=O) groups excluding carboxylic acids is 1. The number of anilines is 1. The fraction of sp³-hybridized carbons (Fsp3) is 0.267. The van der Waals surface area contributed by atoms with Gasteiger partial charge in [0.25, 0.3) is 0 Å². The van der Waals surface area contributed by atoms with Gasteiger partial charge in [-0.05, 0) is 46.6 Å². The Morgan fingerprint density at radius 1 is 1.52 bits per heavy atom. The highest BCUT2D eigenvalue weighted by molar-refractivity contribution is 9.10. The van der Waals surface area contributed by atoms with Crippen LogP contribution in [0.4, 0.5) is 5.13 Å². The zero-order valence-corrected chi connectivity index (χ0v) is 15.1. The summed E-state index contributed by atoms with van der Waals surface area (Å²) in [7, 11) is 1.62. The van der Waals surface area contributed by atoms with Crippen molar-refractivity contribution in [1.82, 2.24) is 4.98 Å². The van der Waals surface area contributed by atoms with E-state index in [1.807, 2.05) is 18.2 Å². The molecule has 0 radical (unpaired) electrons. The van der Waals surface area contributed by atoms with Crippen molar-refractivity contribution in [3.63, 3.8) is 0 Å². The van der Waals surface area contributed by atoms with E-state index in [1.165, 1.54) is 11.3 Å². The normalized spacial score (nSPS) is 10.7. The molecule has 1 aromatic heterocycles. The molecule has 0 fully saturated rings. The molecule has 0 saturated heterocycles. The van der Waals surface area contributed by atoms with Crippen LogP contribution < -0.4 is 10.2 Å². The van der Waals surface area contributed by atoms with Gasteiger partial charge >= 0.3 is 5.97 Å². The van der Waals surface area contributed by atoms with Gasteiger partial charge in [-0.1, -0.05) is 0 Å². The SMILES string of the molecule is CCOC(=O)Cc1csc(N/N=C\c2ccc(OC)c(Br)c2)n1. The first-order valence-electron chi connectivity index (χ1n) is 6.85. The Kier molecular flexibility index (Phi) is 6.54. The Balaban J connectivity index is 1.92. The van der Waals surface area contributed by atoms with Crippen molar-refractivity contribution in [3.05, 3.63) is 39.3 Å². The molecule has 2 aromatic rings. The molecule has 0 aliphatic carbocycles. The molecule has 23 heavy (non-hydrogen) atoms. The van der Waals surface area contributed by atoms with Crippen molar-refractivity contribution >= 4 is 44.6 Å². The minimum atomic E-state index is -0.282. The maximum atomic E-state index is 11.4. The molecule has 0 aliphatic heterocycles. The van der Waals surface area contributed by atoms with Gasteiger partial charge in [0.2, 0.25) is 5.13 Å². The van der Waals surface area contributed by atoms with E-state index >= 15 is 0 Å². The molecule has 1 aromatic carbocycles. The predicted molar refractivity (Wildman–Crippen MR) is 94.4 cm³/mol. The largest absolute Gasteiger partial charge is 0.496 e. The molecule has 0 amide bonds. The second-order valence-corrected chi connectivity index (χ2v) is 6.10. The zero-order valence-electron chi connectivity index (χ0n) is 12.7. The quantitative estimate of drug-likeness (QED) is 0.439. The third-order valence-corrected chi connectivity index (χ3v) is 4.15. The number of thiazole rings is 1. The van der Waals surface area contributed by atoms with E-state index in [4.69, 9.17) is 9.47 Å². The smallest absolute Gasteiger partial charge is 0.311 e. The van der Waals surface area contributed by atoms with Gasteiger partial charge in [-0.3, -0.25) is 10.2 Å². The topological polar surface area (TPSA) is 72.8 Å². The second kappa shape index (κ2) is 8.64. The third-order valence-electron chi connectivity index (χ3n) is 2.73. The number of carbonyl (C=O) groups is 1. The van der Waals surface area contributed by atoms with E-state index in [2.05, 4.69) is 31.4 Å². The fourth-order valence-electron chi connectivity index (χ4n) is 1.72. The summed E-state index contributed by atoms with van der Waals surface area (Å²) in [6.45, 7) is 2.15. The van der Waals surface area contributed by atoms with Gasteiger partial charge in [-0.15, -0.1) is 11.3 Å². The lowest BCUT2D eigenvalue weighted by molar-refractivity contribution is -0.142. The van der Waals surface area contributed by atoms with Crippen molar-refractivity contribution < 1.29 is 14.3 Å². The second-order valence-electron chi connectivity index (χ2n) is 4.39. The summed E-state index contributed by atoms with van der Waals surface area (Å²) in [5.41, 5.74) is 4.42. The number of hydrogen-bond acceptors (Lipinski definition) is 7. The molecule has 0 atom stereocenters.